The minimum atomic E-state index is -4.62. The van der Waals surface area contributed by atoms with Crippen LogP contribution in [0.15, 0.2) is 18.2 Å². The first kappa shape index (κ1) is 14.8. The molecule has 1 aliphatic rings. The fourth-order valence-electron chi connectivity index (χ4n) is 1.99. The van der Waals surface area contributed by atoms with E-state index >= 15 is 0 Å². The number of anilines is 1. The van der Waals surface area contributed by atoms with Crippen LogP contribution in [0.2, 0.25) is 0 Å². The number of hydrogen-bond donors (Lipinski definition) is 0. The maximum absolute atomic E-state index is 12.6. The van der Waals surface area contributed by atoms with Crippen LogP contribution in [-0.2, 0) is 17.0 Å². The third-order valence-corrected chi connectivity index (χ3v) is 4.29. The lowest BCUT2D eigenvalue weighted by molar-refractivity contribution is -0.384. The van der Waals surface area contributed by atoms with Gasteiger partial charge in [0.05, 0.1) is 10.5 Å². The molecule has 1 fully saturated rings. The number of halogens is 3. The maximum Gasteiger partial charge on any atom is 0.416 e. The van der Waals surface area contributed by atoms with Crippen LogP contribution in [0.1, 0.15) is 5.56 Å². The second-order valence-corrected chi connectivity index (χ2v) is 5.99. The van der Waals surface area contributed by atoms with Gasteiger partial charge >= 0.3 is 6.18 Å². The van der Waals surface area contributed by atoms with E-state index in [2.05, 4.69) is 0 Å². The van der Waals surface area contributed by atoms with Gasteiger partial charge in [-0.05, 0) is 12.1 Å². The van der Waals surface area contributed by atoms with E-state index in [0.717, 1.165) is 12.1 Å². The number of rotatable bonds is 2. The summed E-state index contributed by atoms with van der Waals surface area (Å²) in [6.45, 7) is 0.664. The van der Waals surface area contributed by atoms with Gasteiger partial charge in [-0.15, -0.1) is 0 Å². The molecule has 0 bridgehead atoms. The minimum absolute atomic E-state index is 0.139. The van der Waals surface area contributed by atoms with Crippen LogP contribution < -0.4 is 4.90 Å². The number of nitrogens with zero attached hydrogens (tertiary/aromatic N) is 2. The molecule has 0 N–H and O–H groups in total. The Hall–Kier alpha value is -1.64. The summed E-state index contributed by atoms with van der Waals surface area (Å²) >= 11 is 0. The molecule has 0 aromatic heterocycles. The van der Waals surface area contributed by atoms with Gasteiger partial charge in [0.2, 0.25) is 0 Å². The van der Waals surface area contributed by atoms with E-state index in [1.807, 2.05) is 0 Å². The first-order valence-corrected chi connectivity index (χ1v) is 7.23. The monoisotopic (exact) mass is 308 g/mol. The highest BCUT2D eigenvalue weighted by molar-refractivity contribution is 7.85. The smallest absolute Gasteiger partial charge is 0.364 e. The van der Waals surface area contributed by atoms with E-state index in [1.165, 1.54) is 0 Å². The molecule has 0 amide bonds. The lowest BCUT2D eigenvalue weighted by atomic mass is 10.1. The number of benzene rings is 1. The summed E-state index contributed by atoms with van der Waals surface area (Å²) in [6, 6.07) is 2.48. The third-order valence-electron chi connectivity index (χ3n) is 3.02. The molecule has 20 heavy (non-hydrogen) atoms. The Kier molecular flexibility index (Phi) is 3.98. The van der Waals surface area contributed by atoms with E-state index in [0.29, 0.717) is 30.7 Å². The van der Waals surface area contributed by atoms with Gasteiger partial charge in [-0.3, -0.25) is 14.3 Å². The quantitative estimate of drug-likeness (QED) is 0.620. The zero-order valence-corrected chi connectivity index (χ0v) is 11.0. The van der Waals surface area contributed by atoms with E-state index in [-0.39, 0.29) is 5.69 Å². The van der Waals surface area contributed by atoms with Crippen molar-refractivity contribution in [2.75, 3.05) is 29.5 Å². The van der Waals surface area contributed by atoms with E-state index in [9.17, 15) is 27.5 Å². The fraction of sp³-hybridized carbons (Fsp3) is 0.455. The van der Waals surface area contributed by atoms with Crippen LogP contribution >= 0.6 is 0 Å². The Morgan fingerprint density at radius 2 is 1.85 bits per heavy atom. The second-order valence-electron chi connectivity index (χ2n) is 4.29. The summed E-state index contributed by atoms with van der Waals surface area (Å²) in [4.78, 5) is 11.7. The van der Waals surface area contributed by atoms with Gasteiger partial charge < -0.3 is 4.90 Å². The Balaban J connectivity index is 2.38. The second kappa shape index (κ2) is 5.39. The molecule has 0 atom stereocenters. The molecule has 110 valence electrons. The highest BCUT2D eigenvalue weighted by Crippen LogP contribution is 2.36. The van der Waals surface area contributed by atoms with Crippen LogP contribution in [0.5, 0.6) is 0 Å². The van der Waals surface area contributed by atoms with Gasteiger partial charge in [-0.1, -0.05) is 0 Å². The summed E-state index contributed by atoms with van der Waals surface area (Å²) in [5.41, 5.74) is -1.49. The van der Waals surface area contributed by atoms with Crippen molar-refractivity contribution in [3.8, 4) is 0 Å². The Labute approximate surface area is 115 Å². The molecule has 1 aromatic carbocycles. The molecule has 0 aliphatic carbocycles. The minimum Gasteiger partial charge on any atom is -0.364 e. The predicted octanol–water partition coefficient (Wildman–Crippen LogP) is 2.18. The van der Waals surface area contributed by atoms with Crippen molar-refractivity contribution in [2.24, 2.45) is 0 Å². The van der Waals surface area contributed by atoms with Crippen molar-refractivity contribution in [1.29, 1.82) is 0 Å². The molecule has 0 radical (unpaired) electrons. The summed E-state index contributed by atoms with van der Waals surface area (Å²) in [5.74, 6) is 0.719. The number of nitro groups is 1. The van der Waals surface area contributed by atoms with Crippen molar-refractivity contribution >= 4 is 22.2 Å². The first-order chi connectivity index (χ1) is 9.29. The van der Waals surface area contributed by atoms with Crippen molar-refractivity contribution in [1.82, 2.24) is 0 Å². The van der Waals surface area contributed by atoms with Crippen LogP contribution in [-0.4, -0.2) is 33.7 Å². The van der Waals surface area contributed by atoms with Gasteiger partial charge in [-0.25, -0.2) is 0 Å². The van der Waals surface area contributed by atoms with Crippen molar-refractivity contribution in [3.63, 3.8) is 0 Å². The van der Waals surface area contributed by atoms with Crippen LogP contribution in [0, 0.1) is 10.1 Å². The Morgan fingerprint density at radius 3 is 2.35 bits per heavy atom. The molecular formula is C11H11F3N2O3S. The summed E-state index contributed by atoms with van der Waals surface area (Å²) in [5, 5.41) is 11.0. The summed E-state index contributed by atoms with van der Waals surface area (Å²) < 4.78 is 49.0. The molecule has 9 heteroatoms. The average molecular weight is 308 g/mol. The van der Waals surface area contributed by atoms with Gasteiger partial charge in [0, 0.05) is 41.5 Å². The van der Waals surface area contributed by atoms with Crippen LogP contribution in [0.4, 0.5) is 24.5 Å². The predicted molar refractivity (Wildman–Crippen MR) is 68.2 cm³/mol. The van der Waals surface area contributed by atoms with E-state index < -0.39 is 33.2 Å². The molecule has 0 unspecified atom stereocenters. The number of nitro benzene ring substituents is 1. The highest BCUT2D eigenvalue weighted by atomic mass is 32.2. The van der Waals surface area contributed by atoms with Gasteiger partial charge in [0.15, 0.2) is 0 Å². The topological polar surface area (TPSA) is 63.5 Å². The lowest BCUT2D eigenvalue weighted by Gasteiger charge is -2.28. The molecule has 0 saturated carbocycles. The summed E-state index contributed by atoms with van der Waals surface area (Å²) in [6.07, 6.45) is -4.62. The third kappa shape index (κ3) is 3.09. The zero-order valence-electron chi connectivity index (χ0n) is 10.2. The van der Waals surface area contributed by atoms with Gasteiger partial charge in [-0.2, -0.15) is 13.2 Å². The van der Waals surface area contributed by atoms with Gasteiger partial charge in [0.1, 0.15) is 5.69 Å². The van der Waals surface area contributed by atoms with E-state index in [1.54, 1.807) is 4.90 Å². The Morgan fingerprint density at radius 1 is 1.25 bits per heavy atom. The molecule has 5 nitrogen and oxygen atoms in total. The molecule has 1 aliphatic heterocycles. The summed E-state index contributed by atoms with van der Waals surface area (Å²) in [7, 11) is -0.962. The van der Waals surface area contributed by atoms with Crippen molar-refractivity contribution in [3.05, 3.63) is 33.9 Å². The fourth-order valence-corrected chi connectivity index (χ4v) is 3.04. The normalized spacial score (nSPS) is 17.2. The zero-order chi connectivity index (χ0) is 14.9. The first-order valence-electron chi connectivity index (χ1n) is 5.74. The molecule has 2 rings (SSSR count). The molecule has 0 spiro atoms. The number of alkyl halides is 3. The van der Waals surface area contributed by atoms with Crippen molar-refractivity contribution < 1.29 is 22.3 Å². The average Bonchev–Trinajstić information content (AvgIpc) is 2.38. The SMILES string of the molecule is O=[N+]([O-])c1cc(C(F)(F)F)ccc1N1CCS(=O)CC1. The van der Waals surface area contributed by atoms with Gasteiger partial charge in [0.25, 0.3) is 5.69 Å². The number of hydrogen-bond acceptors (Lipinski definition) is 4. The standard InChI is InChI=1S/C11H11F3N2O3S/c12-11(13,14)8-1-2-9(10(7-8)16(17)18)15-3-5-20(19)6-4-15/h1-2,7H,3-6H2. The molecule has 1 heterocycles. The van der Waals surface area contributed by atoms with Crippen molar-refractivity contribution in [2.45, 2.75) is 6.18 Å². The largest absolute Gasteiger partial charge is 0.416 e. The lowest BCUT2D eigenvalue weighted by Crippen LogP contribution is -2.38. The Bertz CT molecular complexity index is 552. The molecule has 1 aromatic rings. The maximum atomic E-state index is 12.6. The van der Waals surface area contributed by atoms with Crippen LogP contribution in [0.3, 0.4) is 0 Å². The van der Waals surface area contributed by atoms with E-state index in [4.69, 9.17) is 0 Å². The highest BCUT2D eigenvalue weighted by Gasteiger charge is 2.34. The molecule has 1 saturated heterocycles. The molecular weight excluding hydrogens is 297 g/mol. The van der Waals surface area contributed by atoms with Crippen LogP contribution in [0.25, 0.3) is 0 Å².